The fourth-order valence-electron chi connectivity index (χ4n) is 7.87. The van der Waals surface area contributed by atoms with E-state index in [2.05, 4.69) is 45.8 Å². The van der Waals surface area contributed by atoms with Crippen molar-refractivity contribution in [3.63, 3.8) is 0 Å². The van der Waals surface area contributed by atoms with Crippen LogP contribution in [0.3, 0.4) is 0 Å². The fraction of sp³-hybridized carbons (Fsp3) is 0.545. The van der Waals surface area contributed by atoms with Crippen LogP contribution in [0, 0.1) is 12.5 Å². The Morgan fingerprint density at radius 1 is 1.10 bits per heavy atom. The van der Waals surface area contributed by atoms with E-state index in [1.165, 1.54) is 38.8 Å². The van der Waals surface area contributed by atoms with Crippen molar-refractivity contribution < 1.29 is 9.47 Å². The van der Waals surface area contributed by atoms with Crippen LogP contribution in [0.1, 0.15) is 74.5 Å². The lowest BCUT2D eigenvalue weighted by Crippen LogP contribution is -2.43. The van der Waals surface area contributed by atoms with E-state index in [-0.39, 0.29) is 17.7 Å². The first kappa shape index (κ1) is 26.9. The van der Waals surface area contributed by atoms with Crippen LogP contribution in [0.2, 0.25) is 5.02 Å². The van der Waals surface area contributed by atoms with E-state index in [0.717, 1.165) is 64.4 Å². The summed E-state index contributed by atoms with van der Waals surface area (Å²) < 4.78 is 13.3. The number of halogens is 1. The average Bonchev–Trinajstić information content (AvgIpc) is 3.56. The zero-order chi connectivity index (χ0) is 28.0. The second kappa shape index (κ2) is 11.1. The van der Waals surface area contributed by atoms with Gasteiger partial charge in [0.2, 0.25) is 6.54 Å². The molecule has 5 heterocycles. The molecule has 8 heteroatoms. The van der Waals surface area contributed by atoms with E-state index in [1.54, 1.807) is 0 Å². The van der Waals surface area contributed by atoms with Gasteiger partial charge in [-0.05, 0) is 75.6 Å². The van der Waals surface area contributed by atoms with E-state index >= 15 is 0 Å². The summed E-state index contributed by atoms with van der Waals surface area (Å²) in [4.78, 5) is 18.9. The predicted molar refractivity (Wildman–Crippen MR) is 162 cm³/mol. The maximum atomic E-state index is 7.43. The van der Waals surface area contributed by atoms with Gasteiger partial charge in [-0.25, -0.2) is 6.57 Å². The summed E-state index contributed by atoms with van der Waals surface area (Å²) >= 11 is 6.72. The molecule has 4 aliphatic rings. The fourth-order valence-corrected chi connectivity index (χ4v) is 8.16. The van der Waals surface area contributed by atoms with Crippen molar-refractivity contribution >= 4 is 28.2 Å². The van der Waals surface area contributed by atoms with E-state index in [1.807, 2.05) is 12.1 Å². The molecule has 3 fully saturated rings. The van der Waals surface area contributed by atoms with E-state index < -0.39 is 0 Å². The van der Waals surface area contributed by atoms with Crippen LogP contribution in [0.4, 0.5) is 5.82 Å². The largest absolute Gasteiger partial charge is 0.461 e. The second-order valence-electron chi connectivity index (χ2n) is 12.3. The van der Waals surface area contributed by atoms with Crippen LogP contribution < -0.4 is 9.64 Å². The molecule has 2 aromatic carbocycles. The zero-order valence-electron chi connectivity index (χ0n) is 23.8. The summed E-state index contributed by atoms with van der Waals surface area (Å²) in [6.45, 7) is 14.8. The van der Waals surface area contributed by atoms with Crippen molar-refractivity contribution in [2.45, 2.75) is 69.6 Å². The minimum Gasteiger partial charge on any atom is -0.461 e. The van der Waals surface area contributed by atoms with E-state index in [4.69, 9.17) is 37.6 Å². The zero-order valence-corrected chi connectivity index (χ0v) is 24.6. The summed E-state index contributed by atoms with van der Waals surface area (Å²) in [7, 11) is 0. The predicted octanol–water partition coefficient (Wildman–Crippen LogP) is 6.80. The second-order valence-corrected chi connectivity index (χ2v) is 12.8. The van der Waals surface area contributed by atoms with Gasteiger partial charge in [0.15, 0.2) is 0 Å². The molecule has 214 valence electrons. The molecule has 0 bridgehead atoms. The van der Waals surface area contributed by atoms with Gasteiger partial charge in [0.25, 0.3) is 0 Å². The Hall–Kier alpha value is -2.92. The van der Waals surface area contributed by atoms with E-state index in [9.17, 15) is 0 Å². The third-order valence-electron chi connectivity index (χ3n) is 9.82. The van der Waals surface area contributed by atoms with Gasteiger partial charge in [0.1, 0.15) is 12.4 Å². The van der Waals surface area contributed by atoms with Crippen LogP contribution in [0.5, 0.6) is 6.01 Å². The standard InChI is InChI=1S/C33H38ClN5O2/c1-22-29-27(18-28(41-22)25-11-3-9-24-10-4-12-26(34)30(24)25)36-32(40-21-33-13-6-16-39(33)17-7-14-33)37-31(29)38-15-5-8-23(20-38)19-35-2/h3-4,9-12,22-23,28H,5-8,13-21H2,1H3/t22?,23-,28?/m0/s1. The topological polar surface area (TPSA) is 55.1 Å². The van der Waals surface area contributed by atoms with Crippen LogP contribution in [0.15, 0.2) is 36.4 Å². The van der Waals surface area contributed by atoms with Gasteiger partial charge in [-0.1, -0.05) is 41.9 Å². The summed E-state index contributed by atoms with van der Waals surface area (Å²) in [5.74, 6) is 1.28. The highest BCUT2D eigenvalue weighted by atomic mass is 35.5. The van der Waals surface area contributed by atoms with Gasteiger partial charge in [-0.15, -0.1) is 0 Å². The van der Waals surface area contributed by atoms with Crippen molar-refractivity contribution in [3.8, 4) is 6.01 Å². The molecule has 41 heavy (non-hydrogen) atoms. The van der Waals surface area contributed by atoms with Gasteiger partial charge in [0.05, 0.1) is 23.4 Å². The Morgan fingerprint density at radius 3 is 2.71 bits per heavy atom. The maximum absolute atomic E-state index is 7.43. The van der Waals surface area contributed by atoms with Gasteiger partial charge < -0.3 is 19.2 Å². The molecule has 0 aliphatic carbocycles. The summed E-state index contributed by atoms with van der Waals surface area (Å²) in [6.07, 6.45) is 7.25. The Balaban J connectivity index is 1.26. The van der Waals surface area contributed by atoms with Crippen LogP contribution in [0.25, 0.3) is 15.6 Å². The first-order valence-corrected chi connectivity index (χ1v) is 15.6. The monoisotopic (exact) mass is 571 g/mol. The van der Waals surface area contributed by atoms with Gasteiger partial charge in [-0.3, -0.25) is 4.90 Å². The molecule has 2 unspecified atom stereocenters. The molecule has 4 aliphatic heterocycles. The van der Waals surface area contributed by atoms with Gasteiger partial charge in [-0.2, -0.15) is 9.97 Å². The lowest BCUT2D eigenvalue weighted by atomic mass is 9.92. The lowest BCUT2D eigenvalue weighted by Gasteiger charge is -2.37. The molecule has 3 aromatic rings. The number of rotatable bonds is 6. The number of fused-ring (bicyclic) bond motifs is 3. The number of anilines is 1. The molecule has 7 nitrogen and oxygen atoms in total. The summed E-state index contributed by atoms with van der Waals surface area (Å²) in [6, 6.07) is 12.8. The molecular weight excluding hydrogens is 534 g/mol. The van der Waals surface area contributed by atoms with Crippen LogP contribution in [-0.4, -0.2) is 59.7 Å². The van der Waals surface area contributed by atoms with Gasteiger partial charge in [0, 0.05) is 41.4 Å². The Bertz CT molecular complexity index is 1470. The van der Waals surface area contributed by atoms with Crippen molar-refractivity contribution in [3.05, 3.63) is 69.7 Å². The summed E-state index contributed by atoms with van der Waals surface area (Å²) in [5, 5.41) is 2.90. The quantitative estimate of drug-likeness (QED) is 0.303. The molecule has 1 aromatic heterocycles. The number of hydrogen-bond donors (Lipinski definition) is 0. The third kappa shape index (κ3) is 4.94. The van der Waals surface area contributed by atoms with Crippen molar-refractivity contribution in [2.24, 2.45) is 5.92 Å². The number of nitrogens with zero attached hydrogens (tertiary/aromatic N) is 5. The van der Waals surface area contributed by atoms with Crippen molar-refractivity contribution in [1.82, 2.24) is 14.9 Å². The first-order chi connectivity index (χ1) is 20.0. The number of hydrogen-bond acceptors (Lipinski definition) is 6. The number of aromatic nitrogens is 2. The number of piperidine rings is 1. The number of ether oxygens (including phenoxy) is 2. The molecule has 0 radical (unpaired) electrons. The minimum atomic E-state index is -0.189. The molecular formula is C33H38ClN5O2. The SMILES string of the molecule is [C-]#[N+]C[C@@H]1CCCN(c2nc(OCC34CCCN3CCC4)nc3c2C(C)OC(c2cccc4cccc(Cl)c24)C3)C1. The average molecular weight is 572 g/mol. The van der Waals surface area contributed by atoms with Crippen molar-refractivity contribution in [1.29, 1.82) is 0 Å². The van der Waals surface area contributed by atoms with Crippen LogP contribution in [-0.2, 0) is 11.2 Å². The molecule has 3 atom stereocenters. The normalized spacial score (nSPS) is 25.6. The molecule has 7 rings (SSSR count). The lowest BCUT2D eigenvalue weighted by molar-refractivity contribution is -0.0180. The van der Waals surface area contributed by atoms with E-state index in [0.29, 0.717) is 31.5 Å². The first-order valence-electron chi connectivity index (χ1n) is 15.2. The third-order valence-corrected chi connectivity index (χ3v) is 10.1. The smallest absolute Gasteiger partial charge is 0.318 e. The highest BCUT2D eigenvalue weighted by molar-refractivity contribution is 6.35. The number of benzene rings is 2. The molecule has 0 spiro atoms. The molecule has 0 N–H and O–H groups in total. The van der Waals surface area contributed by atoms with Crippen LogP contribution >= 0.6 is 11.6 Å². The Kier molecular flexibility index (Phi) is 7.27. The maximum Gasteiger partial charge on any atom is 0.318 e. The Morgan fingerprint density at radius 2 is 1.90 bits per heavy atom. The molecule has 3 saturated heterocycles. The van der Waals surface area contributed by atoms with Gasteiger partial charge >= 0.3 is 6.01 Å². The highest BCUT2D eigenvalue weighted by Crippen LogP contribution is 2.45. The highest BCUT2D eigenvalue weighted by Gasteiger charge is 2.45. The minimum absolute atomic E-state index is 0.129. The molecule has 0 amide bonds. The Labute approximate surface area is 247 Å². The van der Waals surface area contributed by atoms with Crippen molar-refractivity contribution in [2.75, 3.05) is 44.2 Å². The summed E-state index contributed by atoms with van der Waals surface area (Å²) in [5.41, 5.74) is 3.28. The molecule has 0 saturated carbocycles.